The van der Waals surface area contributed by atoms with Gasteiger partial charge in [-0.2, -0.15) is 10.1 Å². The van der Waals surface area contributed by atoms with Gasteiger partial charge in [0.1, 0.15) is 22.4 Å². The molecule has 2 aromatic carbocycles. The van der Waals surface area contributed by atoms with Crippen molar-refractivity contribution in [1.29, 1.82) is 0 Å². The zero-order valence-corrected chi connectivity index (χ0v) is 17.5. The van der Waals surface area contributed by atoms with E-state index in [0.717, 1.165) is 36.6 Å². The highest BCUT2D eigenvalue weighted by Gasteiger charge is 2.57. The van der Waals surface area contributed by atoms with E-state index in [9.17, 15) is 13.6 Å². The first-order chi connectivity index (χ1) is 14.5. The average molecular weight is 432 g/mol. The summed E-state index contributed by atoms with van der Waals surface area (Å²) in [4.78, 5) is 12.0. The third kappa shape index (κ3) is 3.33. The molecule has 2 aromatic rings. The zero-order chi connectivity index (χ0) is 21.3. The van der Waals surface area contributed by atoms with E-state index >= 15 is 0 Å². The van der Waals surface area contributed by atoms with Gasteiger partial charge in [-0.25, -0.2) is 13.6 Å². The Kier molecular flexibility index (Phi) is 5.69. The molecule has 0 saturated carbocycles. The Morgan fingerprint density at radius 1 is 1.30 bits per heavy atom. The molecule has 0 saturated heterocycles. The molecule has 2 aliphatic heterocycles. The monoisotopic (exact) mass is 432 g/mol. The predicted molar refractivity (Wildman–Crippen MR) is 111 cm³/mol. The third-order valence-corrected chi connectivity index (χ3v) is 6.79. The number of hydrogen-bond acceptors (Lipinski definition) is 5. The summed E-state index contributed by atoms with van der Waals surface area (Å²) in [6.45, 7) is 4.32. The molecule has 0 radical (unpaired) electrons. The Bertz CT molecular complexity index is 1000. The Labute approximate surface area is 178 Å². The van der Waals surface area contributed by atoms with E-state index in [-0.39, 0.29) is 23.1 Å². The van der Waals surface area contributed by atoms with E-state index in [1.165, 1.54) is 16.8 Å². The molecule has 5 nitrogen and oxygen atoms in total. The largest absolute Gasteiger partial charge is 0.493 e. The minimum Gasteiger partial charge on any atom is -0.493 e. The van der Waals surface area contributed by atoms with Crippen LogP contribution in [0.2, 0.25) is 0 Å². The van der Waals surface area contributed by atoms with Gasteiger partial charge in [-0.15, -0.1) is 0 Å². The van der Waals surface area contributed by atoms with Crippen LogP contribution in [0.15, 0.2) is 47.6 Å². The summed E-state index contributed by atoms with van der Waals surface area (Å²) in [5.41, 5.74) is 0.786. The number of ether oxygens (including phenoxy) is 2. The molecule has 1 amide bonds. The topological polar surface area (TPSA) is 51.1 Å². The lowest BCUT2D eigenvalue weighted by molar-refractivity contribution is 0.0387. The fourth-order valence-electron chi connectivity index (χ4n) is 3.97. The van der Waals surface area contributed by atoms with E-state index in [1.54, 1.807) is 6.92 Å². The van der Waals surface area contributed by atoms with Gasteiger partial charge >= 0.3 is 6.09 Å². The lowest BCUT2D eigenvalue weighted by atomic mass is 9.86. The van der Waals surface area contributed by atoms with Crippen LogP contribution in [0.5, 0.6) is 5.75 Å². The van der Waals surface area contributed by atoms with Crippen molar-refractivity contribution in [3.63, 3.8) is 0 Å². The summed E-state index contributed by atoms with van der Waals surface area (Å²) < 4.78 is 39.7. The van der Waals surface area contributed by atoms with Crippen LogP contribution in [-0.2, 0) is 9.61 Å². The van der Waals surface area contributed by atoms with E-state index < -0.39 is 22.6 Å². The summed E-state index contributed by atoms with van der Waals surface area (Å²) >= 11 is 1.25. The first-order valence-electron chi connectivity index (χ1n) is 9.93. The first-order valence-corrected chi connectivity index (χ1v) is 10.7. The zero-order valence-electron chi connectivity index (χ0n) is 16.7. The Morgan fingerprint density at radius 2 is 2.10 bits per heavy atom. The molecule has 158 valence electrons. The molecule has 1 spiro atoms. The summed E-state index contributed by atoms with van der Waals surface area (Å²) in [7, 11) is 0. The van der Waals surface area contributed by atoms with E-state index in [4.69, 9.17) is 9.47 Å². The number of halogens is 2. The molecule has 0 fully saturated rings. The van der Waals surface area contributed by atoms with Gasteiger partial charge in [-0.3, -0.25) is 0 Å². The van der Waals surface area contributed by atoms with Gasteiger partial charge in [-0.05, 0) is 37.6 Å². The van der Waals surface area contributed by atoms with Crippen LogP contribution in [0.4, 0.5) is 13.6 Å². The molecule has 0 unspecified atom stereocenters. The number of amides is 1. The number of nitrogens with zero attached hydrogens (tertiary/aromatic N) is 2. The second-order valence-corrected chi connectivity index (χ2v) is 8.34. The van der Waals surface area contributed by atoms with Gasteiger partial charge in [0.25, 0.3) is 0 Å². The molecule has 0 aromatic heterocycles. The molecule has 2 aliphatic rings. The first kappa shape index (κ1) is 20.7. The Hall–Kier alpha value is -2.61. The highest BCUT2D eigenvalue weighted by Crippen LogP contribution is 2.57. The standard InChI is InChI=1S/C22H22F2N2O3S/c1-3-7-14-13-29-19-9-6-5-8-17(19)22(14)26(21(27)28-4-2)25-20(30-22)16-12-15(23)10-11-18(16)24/h5-6,8-12,14H,3-4,7,13H2,1-2H3/t14-,22+/m0/s1. The van der Waals surface area contributed by atoms with Crippen LogP contribution in [0.25, 0.3) is 0 Å². The van der Waals surface area contributed by atoms with Crippen molar-refractivity contribution < 1.29 is 23.0 Å². The Morgan fingerprint density at radius 3 is 2.87 bits per heavy atom. The summed E-state index contributed by atoms with van der Waals surface area (Å²) in [5.74, 6) is -0.654. The normalized spacial score (nSPS) is 22.5. The maximum absolute atomic E-state index is 14.6. The fourth-order valence-corrected chi connectivity index (χ4v) is 5.49. The SMILES string of the molecule is CCC[C@H]1COc2ccccc2[C@]12SC(c1cc(F)ccc1F)=NN2C(=O)OCC. The van der Waals surface area contributed by atoms with Gasteiger partial charge < -0.3 is 9.47 Å². The van der Waals surface area contributed by atoms with Crippen molar-refractivity contribution in [2.45, 2.75) is 31.6 Å². The molecule has 2 heterocycles. The number of thioether (sulfide) groups is 1. The summed E-state index contributed by atoms with van der Waals surface area (Å²) in [6.07, 6.45) is 0.986. The molecule has 0 aliphatic carbocycles. The third-order valence-electron chi connectivity index (χ3n) is 5.26. The number of benzene rings is 2. The van der Waals surface area contributed by atoms with Crippen LogP contribution >= 0.6 is 11.8 Å². The summed E-state index contributed by atoms with van der Waals surface area (Å²) in [5, 5.41) is 5.99. The van der Waals surface area contributed by atoms with Gasteiger partial charge in [-0.1, -0.05) is 43.3 Å². The summed E-state index contributed by atoms with van der Waals surface area (Å²) in [6, 6.07) is 10.7. The predicted octanol–water partition coefficient (Wildman–Crippen LogP) is 5.49. The average Bonchev–Trinajstić information content (AvgIpc) is 3.13. The van der Waals surface area contributed by atoms with E-state index in [0.29, 0.717) is 12.4 Å². The van der Waals surface area contributed by atoms with Crippen molar-refractivity contribution in [1.82, 2.24) is 5.01 Å². The molecule has 30 heavy (non-hydrogen) atoms. The second kappa shape index (κ2) is 8.26. The van der Waals surface area contributed by atoms with Crippen molar-refractivity contribution in [3.05, 3.63) is 65.2 Å². The minimum absolute atomic E-state index is 0.0189. The van der Waals surface area contributed by atoms with E-state index in [1.807, 2.05) is 24.3 Å². The number of para-hydroxylation sites is 1. The van der Waals surface area contributed by atoms with Crippen LogP contribution < -0.4 is 4.74 Å². The van der Waals surface area contributed by atoms with Crippen LogP contribution in [0.1, 0.15) is 37.8 Å². The number of carbonyl (C=O) groups excluding carboxylic acids is 1. The highest BCUT2D eigenvalue weighted by molar-refractivity contribution is 8.15. The quantitative estimate of drug-likeness (QED) is 0.641. The number of rotatable bonds is 4. The molecule has 2 atom stereocenters. The van der Waals surface area contributed by atoms with Gasteiger partial charge in [0.05, 0.1) is 13.2 Å². The number of hydrazone groups is 1. The molecular weight excluding hydrogens is 410 g/mol. The maximum atomic E-state index is 14.6. The molecule has 0 bridgehead atoms. The minimum atomic E-state index is -0.967. The smallest absolute Gasteiger partial charge is 0.432 e. The number of hydrogen-bond donors (Lipinski definition) is 0. The van der Waals surface area contributed by atoms with E-state index in [2.05, 4.69) is 12.0 Å². The number of fused-ring (bicyclic) bond motifs is 2. The van der Waals surface area contributed by atoms with Crippen molar-refractivity contribution in [2.75, 3.05) is 13.2 Å². The lowest BCUT2D eigenvalue weighted by Crippen LogP contribution is -2.51. The van der Waals surface area contributed by atoms with Crippen molar-refractivity contribution in [3.8, 4) is 5.75 Å². The van der Waals surface area contributed by atoms with Gasteiger partial charge in [0, 0.05) is 17.0 Å². The molecule has 0 N–H and O–H groups in total. The van der Waals surface area contributed by atoms with Gasteiger partial charge in [0.2, 0.25) is 0 Å². The van der Waals surface area contributed by atoms with Crippen LogP contribution in [0, 0.1) is 17.6 Å². The van der Waals surface area contributed by atoms with Crippen molar-refractivity contribution in [2.24, 2.45) is 11.0 Å². The molecule has 4 rings (SSSR count). The maximum Gasteiger partial charge on any atom is 0.432 e. The van der Waals surface area contributed by atoms with Gasteiger partial charge in [0.15, 0.2) is 4.87 Å². The molecular formula is C22H22F2N2O3S. The second-order valence-electron chi connectivity index (χ2n) is 7.13. The lowest BCUT2D eigenvalue weighted by Gasteiger charge is -2.44. The fraction of sp³-hybridized carbons (Fsp3) is 0.364. The molecule has 8 heteroatoms. The van der Waals surface area contributed by atoms with Crippen LogP contribution in [-0.4, -0.2) is 29.4 Å². The number of carbonyl (C=O) groups is 1. The Balaban J connectivity index is 1.90. The highest BCUT2D eigenvalue weighted by atomic mass is 32.2. The van der Waals surface area contributed by atoms with Crippen molar-refractivity contribution >= 4 is 22.9 Å². The van der Waals surface area contributed by atoms with Crippen LogP contribution in [0.3, 0.4) is 0 Å².